The summed E-state index contributed by atoms with van der Waals surface area (Å²) >= 11 is 0.957. The summed E-state index contributed by atoms with van der Waals surface area (Å²) in [5.41, 5.74) is -0.927. The monoisotopic (exact) mass is 274 g/mol. The number of halogens is 3. The fraction of sp³-hybridized carbons (Fsp3) is 0.100. The fourth-order valence-electron chi connectivity index (χ4n) is 1.16. The average Bonchev–Trinajstić information content (AvgIpc) is 2.32. The quantitative estimate of drug-likeness (QED) is 0.518. The molecule has 94 valence electrons. The largest absolute Gasteiger partial charge is 0.422 e. The third kappa shape index (κ3) is 2.89. The van der Waals surface area contributed by atoms with Crippen LogP contribution < -0.4 is 4.73 Å². The summed E-state index contributed by atoms with van der Waals surface area (Å²) in [4.78, 5) is 7.78. The van der Waals surface area contributed by atoms with Crippen LogP contribution in [0.2, 0.25) is 0 Å². The molecule has 0 aliphatic heterocycles. The van der Waals surface area contributed by atoms with E-state index in [9.17, 15) is 18.4 Å². The van der Waals surface area contributed by atoms with Gasteiger partial charge in [-0.3, -0.25) is 5.21 Å². The van der Waals surface area contributed by atoms with E-state index >= 15 is 0 Å². The maximum Gasteiger partial charge on any atom is 0.422 e. The molecule has 0 aromatic carbocycles. The zero-order chi connectivity index (χ0) is 13.2. The minimum Gasteiger partial charge on any atom is -0.284 e. The summed E-state index contributed by atoms with van der Waals surface area (Å²) in [6.07, 6.45) is -0.884. The van der Waals surface area contributed by atoms with Crippen molar-refractivity contribution in [3.8, 4) is 0 Å². The number of aromatic nitrogens is 3. The molecule has 0 saturated heterocycles. The third-order valence-electron chi connectivity index (χ3n) is 1.96. The van der Waals surface area contributed by atoms with Gasteiger partial charge in [0.1, 0.15) is 5.56 Å². The summed E-state index contributed by atoms with van der Waals surface area (Å²) < 4.78 is 37.5. The molecule has 2 aromatic rings. The van der Waals surface area contributed by atoms with Gasteiger partial charge in [0.15, 0.2) is 5.16 Å². The summed E-state index contributed by atoms with van der Waals surface area (Å²) in [6.45, 7) is 0. The number of rotatable bonds is 2. The van der Waals surface area contributed by atoms with Crippen molar-refractivity contribution >= 4 is 11.8 Å². The number of hydrogen-bond acceptors (Lipinski definition) is 4. The molecule has 2 heterocycles. The first-order valence-electron chi connectivity index (χ1n) is 4.74. The Labute approximate surface area is 104 Å². The highest BCUT2D eigenvalue weighted by atomic mass is 32.2. The molecule has 0 radical (unpaired) electrons. The second-order valence-corrected chi connectivity index (χ2v) is 4.22. The Morgan fingerprint density at radius 3 is 2.39 bits per heavy atom. The average molecular weight is 274 g/mol. The van der Waals surface area contributed by atoms with Crippen molar-refractivity contribution in [1.29, 1.82) is 0 Å². The van der Waals surface area contributed by atoms with E-state index in [-0.39, 0.29) is 5.03 Å². The first-order chi connectivity index (χ1) is 8.47. The molecule has 8 heteroatoms. The Balaban J connectivity index is 2.26. The van der Waals surface area contributed by atoms with E-state index in [4.69, 9.17) is 0 Å². The lowest BCUT2D eigenvalue weighted by Gasteiger charge is -2.03. The van der Waals surface area contributed by atoms with Gasteiger partial charge in [0.2, 0.25) is 6.20 Å². The molecule has 0 fully saturated rings. The lowest BCUT2D eigenvalue weighted by molar-refractivity contribution is -0.932. The fourth-order valence-corrected chi connectivity index (χ4v) is 1.85. The summed E-state index contributed by atoms with van der Waals surface area (Å²) in [7, 11) is 0. The summed E-state index contributed by atoms with van der Waals surface area (Å²) in [5, 5.41) is 9.98. The van der Waals surface area contributed by atoms with E-state index in [1.807, 2.05) is 0 Å². The van der Waals surface area contributed by atoms with Crippen molar-refractivity contribution in [3.05, 3.63) is 42.4 Å². The smallest absolute Gasteiger partial charge is 0.284 e. The van der Waals surface area contributed by atoms with Crippen LogP contribution in [-0.4, -0.2) is 15.2 Å². The van der Waals surface area contributed by atoms with Gasteiger partial charge in [-0.1, -0.05) is 0 Å². The molecule has 4 nitrogen and oxygen atoms in total. The van der Waals surface area contributed by atoms with E-state index in [1.165, 1.54) is 12.4 Å². The highest BCUT2D eigenvalue weighted by Crippen LogP contribution is 2.29. The third-order valence-corrected chi connectivity index (χ3v) is 2.88. The normalized spacial score (nSPS) is 11.5. The van der Waals surface area contributed by atoms with Crippen molar-refractivity contribution in [2.24, 2.45) is 0 Å². The van der Waals surface area contributed by atoms with Crippen molar-refractivity contribution in [2.45, 2.75) is 16.4 Å². The molecule has 0 saturated carbocycles. The van der Waals surface area contributed by atoms with Crippen molar-refractivity contribution in [2.75, 3.05) is 0 Å². The van der Waals surface area contributed by atoms with Crippen LogP contribution in [0.3, 0.4) is 0 Å². The Morgan fingerprint density at radius 2 is 1.83 bits per heavy atom. The maximum absolute atomic E-state index is 12.4. The molecular formula is C10H7F3N3OS+. The molecule has 0 spiro atoms. The van der Waals surface area contributed by atoms with Crippen LogP contribution >= 0.6 is 11.8 Å². The van der Waals surface area contributed by atoms with E-state index in [0.29, 0.717) is 16.1 Å². The molecule has 0 bridgehead atoms. The van der Waals surface area contributed by atoms with Gasteiger partial charge in [0, 0.05) is 35.0 Å². The predicted octanol–water partition coefficient (Wildman–Crippen LogP) is 2.17. The minimum absolute atomic E-state index is 0.189. The van der Waals surface area contributed by atoms with Gasteiger partial charge >= 0.3 is 6.18 Å². The number of pyridine rings is 1. The van der Waals surface area contributed by atoms with Crippen LogP contribution in [0.15, 0.2) is 47.0 Å². The van der Waals surface area contributed by atoms with Gasteiger partial charge in [-0.05, 0) is 12.1 Å². The van der Waals surface area contributed by atoms with Gasteiger partial charge in [0.05, 0.1) is 0 Å². The Morgan fingerprint density at radius 1 is 1.17 bits per heavy atom. The van der Waals surface area contributed by atoms with Crippen molar-refractivity contribution < 1.29 is 23.1 Å². The first-order valence-corrected chi connectivity index (χ1v) is 5.55. The van der Waals surface area contributed by atoms with Crippen molar-refractivity contribution in [3.63, 3.8) is 0 Å². The molecule has 0 aliphatic carbocycles. The number of alkyl halides is 3. The number of nitrogens with zero attached hydrogens (tertiary/aromatic N) is 3. The zero-order valence-electron chi connectivity index (χ0n) is 8.80. The van der Waals surface area contributed by atoms with Crippen molar-refractivity contribution in [1.82, 2.24) is 9.97 Å². The van der Waals surface area contributed by atoms with Gasteiger partial charge in [-0.25, -0.2) is 9.97 Å². The van der Waals surface area contributed by atoms with Crippen LogP contribution in [0.5, 0.6) is 0 Å². The molecule has 0 aliphatic rings. The molecule has 2 aromatic heterocycles. The molecule has 0 unspecified atom stereocenters. The zero-order valence-corrected chi connectivity index (χ0v) is 9.61. The van der Waals surface area contributed by atoms with Gasteiger partial charge in [-0.2, -0.15) is 13.2 Å². The second-order valence-electron chi connectivity index (χ2n) is 3.23. The van der Waals surface area contributed by atoms with Crippen LogP contribution in [0, 0.1) is 0 Å². The summed E-state index contributed by atoms with van der Waals surface area (Å²) in [5.74, 6) is 0. The molecule has 0 amide bonds. The molecular weight excluding hydrogens is 267 g/mol. The maximum atomic E-state index is 12.4. The van der Waals surface area contributed by atoms with Crippen LogP contribution in [0.1, 0.15) is 5.56 Å². The Kier molecular flexibility index (Phi) is 3.37. The molecule has 1 N–H and O–H groups in total. The van der Waals surface area contributed by atoms with E-state index < -0.39 is 11.7 Å². The lowest BCUT2D eigenvalue weighted by Crippen LogP contribution is -2.34. The minimum atomic E-state index is -4.49. The summed E-state index contributed by atoms with van der Waals surface area (Å²) in [6, 6.07) is 3.66. The van der Waals surface area contributed by atoms with Crippen LogP contribution in [0.25, 0.3) is 0 Å². The predicted molar refractivity (Wildman–Crippen MR) is 55.0 cm³/mol. The van der Waals surface area contributed by atoms with Crippen LogP contribution in [-0.2, 0) is 6.18 Å². The van der Waals surface area contributed by atoms with E-state index in [1.54, 1.807) is 6.07 Å². The lowest BCUT2D eigenvalue weighted by atomic mass is 10.3. The Hall–Kier alpha value is -1.83. The topological polar surface area (TPSA) is 49.9 Å². The molecule has 0 atom stereocenters. The second kappa shape index (κ2) is 4.81. The van der Waals surface area contributed by atoms with E-state index in [2.05, 4.69) is 9.97 Å². The van der Waals surface area contributed by atoms with Gasteiger partial charge in [-0.15, -0.1) is 0 Å². The molecule has 18 heavy (non-hydrogen) atoms. The molecule has 2 rings (SSSR count). The highest BCUT2D eigenvalue weighted by Gasteiger charge is 2.34. The Bertz CT molecular complexity index is 548. The van der Waals surface area contributed by atoms with Crippen LogP contribution in [0.4, 0.5) is 13.2 Å². The SMILES string of the molecule is O[n+]1cc(C(F)(F)F)ccc1Sc1ncccn1. The first kappa shape index (κ1) is 12.6. The number of hydrogen-bond donors (Lipinski definition) is 1. The highest BCUT2D eigenvalue weighted by molar-refractivity contribution is 7.99. The van der Waals surface area contributed by atoms with Gasteiger partial charge in [0.25, 0.3) is 5.03 Å². The van der Waals surface area contributed by atoms with Gasteiger partial charge < -0.3 is 0 Å². The standard InChI is InChI=1S/C10H7F3N3OS/c11-10(12,13)7-2-3-8(16(17)6-7)18-9-14-4-1-5-15-9/h1-6,17H/q+1. The van der Waals surface area contributed by atoms with E-state index in [0.717, 1.165) is 23.9 Å².